The maximum Gasteiger partial charge on any atom is 0.410 e. The van der Waals surface area contributed by atoms with Crippen molar-refractivity contribution in [1.82, 2.24) is 20.4 Å². The molecule has 2 fully saturated rings. The number of rotatable bonds is 5. The Morgan fingerprint density at radius 3 is 2.43 bits per heavy atom. The normalized spacial score (nSPS) is 21.4. The van der Waals surface area contributed by atoms with Gasteiger partial charge < -0.3 is 20.3 Å². The predicted molar refractivity (Wildman–Crippen MR) is 92.8 cm³/mol. The summed E-state index contributed by atoms with van der Waals surface area (Å²) >= 11 is 0. The number of nitrogens with zero attached hydrogens (tertiary/aromatic N) is 2. The summed E-state index contributed by atoms with van der Waals surface area (Å²) in [4.78, 5) is 16.3. The summed E-state index contributed by atoms with van der Waals surface area (Å²) in [5, 5.41) is 7.06. The van der Waals surface area contributed by atoms with Gasteiger partial charge in [0, 0.05) is 32.2 Å². The van der Waals surface area contributed by atoms with Gasteiger partial charge in [-0.1, -0.05) is 0 Å². The molecule has 2 rings (SSSR count). The first-order valence-corrected chi connectivity index (χ1v) is 9.08. The van der Waals surface area contributed by atoms with Crippen molar-refractivity contribution in [3.8, 4) is 0 Å². The number of nitrogens with one attached hydrogen (secondary N) is 2. The van der Waals surface area contributed by atoms with E-state index in [0.29, 0.717) is 6.04 Å². The number of amides is 1. The third-order valence-electron chi connectivity index (χ3n) is 4.45. The Hall–Kier alpha value is -0.850. The fraction of sp³-hybridized carbons (Fsp3) is 0.941. The molecule has 23 heavy (non-hydrogen) atoms. The molecule has 134 valence electrons. The van der Waals surface area contributed by atoms with Crippen LogP contribution in [-0.4, -0.2) is 79.9 Å². The van der Waals surface area contributed by atoms with Gasteiger partial charge in [0.05, 0.1) is 0 Å². The summed E-state index contributed by atoms with van der Waals surface area (Å²) < 4.78 is 5.43. The van der Waals surface area contributed by atoms with Crippen molar-refractivity contribution in [3.05, 3.63) is 0 Å². The quantitative estimate of drug-likeness (QED) is 0.745. The van der Waals surface area contributed by atoms with Gasteiger partial charge in [-0.25, -0.2) is 4.79 Å². The Bertz CT molecular complexity index is 356. The molecule has 0 unspecified atom stereocenters. The molecule has 0 radical (unpaired) electrons. The van der Waals surface area contributed by atoms with Crippen LogP contribution in [0.3, 0.4) is 0 Å². The van der Waals surface area contributed by atoms with Crippen molar-refractivity contribution in [3.63, 3.8) is 0 Å². The number of ether oxygens (including phenoxy) is 1. The van der Waals surface area contributed by atoms with Crippen molar-refractivity contribution in [1.29, 1.82) is 0 Å². The van der Waals surface area contributed by atoms with Gasteiger partial charge in [-0.15, -0.1) is 0 Å². The van der Waals surface area contributed by atoms with E-state index in [2.05, 4.69) is 15.5 Å². The topological polar surface area (TPSA) is 56.8 Å². The number of carbonyl (C=O) groups is 1. The lowest BCUT2D eigenvalue weighted by molar-refractivity contribution is 0.0144. The van der Waals surface area contributed by atoms with E-state index in [1.54, 1.807) is 0 Å². The van der Waals surface area contributed by atoms with Crippen LogP contribution < -0.4 is 10.6 Å². The summed E-state index contributed by atoms with van der Waals surface area (Å²) in [7, 11) is 0. The molecule has 2 saturated heterocycles. The van der Waals surface area contributed by atoms with Crippen molar-refractivity contribution in [2.45, 2.75) is 51.7 Å². The number of piperazine rings is 1. The van der Waals surface area contributed by atoms with E-state index in [1.165, 1.54) is 19.3 Å². The maximum atomic E-state index is 12.0. The Morgan fingerprint density at radius 2 is 1.83 bits per heavy atom. The van der Waals surface area contributed by atoms with Gasteiger partial charge in [0.25, 0.3) is 0 Å². The summed E-state index contributed by atoms with van der Waals surface area (Å²) in [6.07, 6.45) is 3.49. The van der Waals surface area contributed by atoms with Crippen LogP contribution in [0, 0.1) is 0 Å². The van der Waals surface area contributed by atoms with Crippen molar-refractivity contribution in [2.24, 2.45) is 0 Å². The highest BCUT2D eigenvalue weighted by molar-refractivity contribution is 5.68. The zero-order chi connectivity index (χ0) is 16.7. The number of hydrogen-bond donors (Lipinski definition) is 2. The van der Waals surface area contributed by atoms with Gasteiger partial charge in [0.15, 0.2) is 0 Å². The second-order valence-electron chi connectivity index (χ2n) is 7.64. The van der Waals surface area contributed by atoms with Gasteiger partial charge in [0.2, 0.25) is 0 Å². The summed E-state index contributed by atoms with van der Waals surface area (Å²) in [5.74, 6) is 0. The molecule has 2 aliphatic heterocycles. The minimum absolute atomic E-state index is 0.176. The zero-order valence-corrected chi connectivity index (χ0v) is 15.1. The lowest BCUT2D eigenvalue weighted by Gasteiger charge is -2.35. The highest BCUT2D eigenvalue weighted by Crippen LogP contribution is 2.12. The summed E-state index contributed by atoms with van der Waals surface area (Å²) in [6, 6.07) is 0.695. The zero-order valence-electron chi connectivity index (χ0n) is 15.1. The first-order chi connectivity index (χ1) is 10.9. The van der Waals surface area contributed by atoms with Gasteiger partial charge in [-0.3, -0.25) is 4.90 Å². The van der Waals surface area contributed by atoms with E-state index in [0.717, 1.165) is 52.4 Å². The van der Waals surface area contributed by atoms with Crippen LogP contribution >= 0.6 is 0 Å². The van der Waals surface area contributed by atoms with E-state index < -0.39 is 5.60 Å². The first-order valence-electron chi connectivity index (χ1n) is 9.08. The third-order valence-corrected chi connectivity index (χ3v) is 4.45. The molecule has 0 saturated carbocycles. The van der Waals surface area contributed by atoms with Crippen LogP contribution in [0.2, 0.25) is 0 Å². The van der Waals surface area contributed by atoms with E-state index in [1.807, 2.05) is 25.7 Å². The second kappa shape index (κ2) is 8.85. The van der Waals surface area contributed by atoms with Crippen molar-refractivity contribution < 1.29 is 9.53 Å². The predicted octanol–water partition coefficient (Wildman–Crippen LogP) is 1.27. The molecule has 1 amide bonds. The van der Waals surface area contributed by atoms with Crippen molar-refractivity contribution >= 4 is 6.09 Å². The van der Waals surface area contributed by atoms with Crippen LogP contribution in [0.15, 0.2) is 0 Å². The molecule has 0 atom stereocenters. The molecule has 2 N–H and O–H groups in total. The molecule has 0 bridgehead atoms. The number of hydrogen-bond acceptors (Lipinski definition) is 5. The van der Waals surface area contributed by atoms with Crippen LogP contribution in [0.1, 0.15) is 40.0 Å². The molecule has 6 heteroatoms. The average Bonchev–Trinajstić information content (AvgIpc) is 2.51. The Balaban J connectivity index is 1.55. The minimum Gasteiger partial charge on any atom is -0.444 e. The van der Waals surface area contributed by atoms with Gasteiger partial charge >= 0.3 is 6.09 Å². The lowest BCUT2D eigenvalue weighted by Crippen LogP contribution is -2.50. The van der Waals surface area contributed by atoms with E-state index >= 15 is 0 Å². The molecule has 0 aromatic carbocycles. The van der Waals surface area contributed by atoms with E-state index in [-0.39, 0.29) is 6.09 Å². The molecular formula is C17H34N4O2. The fourth-order valence-electron chi connectivity index (χ4n) is 3.12. The van der Waals surface area contributed by atoms with Crippen LogP contribution in [0.5, 0.6) is 0 Å². The lowest BCUT2D eigenvalue weighted by atomic mass is 10.1. The SMILES string of the molecule is CC(C)(C)OC(=O)N1CCN(CCCNC2CCNCC2)CC1. The number of piperidine rings is 1. The molecule has 6 nitrogen and oxygen atoms in total. The van der Waals surface area contributed by atoms with Crippen LogP contribution in [-0.2, 0) is 4.74 Å². The van der Waals surface area contributed by atoms with Crippen molar-refractivity contribution in [2.75, 3.05) is 52.4 Å². The highest BCUT2D eigenvalue weighted by Gasteiger charge is 2.25. The average molecular weight is 326 g/mol. The molecule has 2 aliphatic rings. The van der Waals surface area contributed by atoms with Gasteiger partial charge in [-0.05, 0) is 66.2 Å². The fourth-order valence-corrected chi connectivity index (χ4v) is 3.12. The van der Waals surface area contributed by atoms with E-state index in [9.17, 15) is 4.79 Å². The van der Waals surface area contributed by atoms with E-state index in [4.69, 9.17) is 4.74 Å². The van der Waals surface area contributed by atoms with Crippen LogP contribution in [0.25, 0.3) is 0 Å². The Morgan fingerprint density at radius 1 is 1.17 bits per heavy atom. The summed E-state index contributed by atoms with van der Waals surface area (Å²) in [5.41, 5.74) is -0.408. The molecule has 0 aromatic heterocycles. The van der Waals surface area contributed by atoms with Gasteiger partial charge in [-0.2, -0.15) is 0 Å². The molecule has 0 spiro atoms. The first kappa shape index (κ1) is 18.5. The van der Waals surface area contributed by atoms with Crippen LogP contribution in [0.4, 0.5) is 4.79 Å². The second-order valence-corrected chi connectivity index (χ2v) is 7.64. The molecular weight excluding hydrogens is 292 g/mol. The minimum atomic E-state index is -0.408. The van der Waals surface area contributed by atoms with Gasteiger partial charge in [0.1, 0.15) is 5.60 Å². The smallest absolute Gasteiger partial charge is 0.410 e. The highest BCUT2D eigenvalue weighted by atomic mass is 16.6. The molecule has 0 aliphatic carbocycles. The molecule has 0 aromatic rings. The Labute approximate surface area is 140 Å². The largest absolute Gasteiger partial charge is 0.444 e. The maximum absolute atomic E-state index is 12.0. The molecule has 2 heterocycles. The Kier molecular flexibility index (Phi) is 7.11. The third kappa shape index (κ3) is 7.06. The number of carbonyl (C=O) groups excluding carboxylic acids is 1. The summed E-state index contributed by atoms with van der Waals surface area (Å²) in [6.45, 7) is 13.7. The monoisotopic (exact) mass is 326 g/mol. The standard InChI is InChI=1S/C17H34N4O2/c1-17(2,3)23-16(22)21-13-11-20(12-14-21)10-4-7-19-15-5-8-18-9-6-15/h15,18-19H,4-14H2,1-3H3.